The lowest BCUT2D eigenvalue weighted by molar-refractivity contribution is -0.114. The van der Waals surface area contributed by atoms with E-state index < -0.39 is 0 Å². The Hall–Kier alpha value is -1.88. The van der Waals surface area contributed by atoms with Crippen LogP contribution < -0.4 is 5.32 Å². The SMILES string of the molecule is CNC(=O)C1=NOC2(CCN(Cc3ccccc3)C2)C1. The van der Waals surface area contributed by atoms with Crippen molar-refractivity contribution in [2.75, 3.05) is 20.1 Å². The Bertz CT molecular complexity index is 529. The van der Waals surface area contributed by atoms with Crippen molar-refractivity contribution in [1.82, 2.24) is 10.2 Å². The van der Waals surface area contributed by atoms with E-state index in [9.17, 15) is 4.79 Å². The van der Waals surface area contributed by atoms with Gasteiger partial charge in [-0.25, -0.2) is 0 Å². The first-order chi connectivity index (χ1) is 9.71. The highest BCUT2D eigenvalue weighted by Gasteiger charge is 2.46. The van der Waals surface area contributed by atoms with Crippen LogP contribution in [-0.4, -0.2) is 42.3 Å². The van der Waals surface area contributed by atoms with Crippen LogP contribution in [0.1, 0.15) is 18.4 Å². The van der Waals surface area contributed by atoms with Crippen LogP contribution in [0, 0.1) is 0 Å². The van der Waals surface area contributed by atoms with Gasteiger partial charge in [0.25, 0.3) is 5.91 Å². The molecule has 2 aliphatic rings. The molecule has 3 rings (SSSR count). The Morgan fingerprint density at radius 3 is 3.00 bits per heavy atom. The highest BCUT2D eigenvalue weighted by molar-refractivity contribution is 6.39. The molecule has 1 unspecified atom stereocenters. The standard InChI is InChI=1S/C15H19N3O2/c1-16-14(19)13-9-15(20-17-13)7-8-18(11-15)10-12-5-3-2-4-6-12/h2-6H,7-11H2,1H3,(H,16,19). The second-order valence-corrected chi connectivity index (χ2v) is 5.51. The summed E-state index contributed by atoms with van der Waals surface area (Å²) in [6, 6.07) is 10.4. The van der Waals surface area contributed by atoms with Gasteiger partial charge in [0, 0.05) is 39.5 Å². The van der Waals surface area contributed by atoms with Crippen molar-refractivity contribution in [1.29, 1.82) is 0 Å². The predicted molar refractivity (Wildman–Crippen MR) is 76.3 cm³/mol. The van der Waals surface area contributed by atoms with Crippen LogP contribution in [0.5, 0.6) is 0 Å². The summed E-state index contributed by atoms with van der Waals surface area (Å²) in [5.74, 6) is -0.136. The minimum atomic E-state index is -0.295. The minimum Gasteiger partial charge on any atom is -0.387 e. The molecule has 1 saturated heterocycles. The van der Waals surface area contributed by atoms with Crippen molar-refractivity contribution >= 4 is 11.6 Å². The Kier molecular flexibility index (Phi) is 3.44. The van der Waals surface area contributed by atoms with Gasteiger partial charge in [0.05, 0.1) is 0 Å². The highest BCUT2D eigenvalue weighted by Crippen LogP contribution is 2.34. The lowest BCUT2D eigenvalue weighted by atomic mass is 9.96. The number of carbonyl (C=O) groups excluding carboxylic acids is 1. The number of hydrogen-bond donors (Lipinski definition) is 1. The van der Waals surface area contributed by atoms with Gasteiger partial charge in [0.1, 0.15) is 5.71 Å². The van der Waals surface area contributed by atoms with Crippen LogP contribution in [0.4, 0.5) is 0 Å². The summed E-state index contributed by atoms with van der Waals surface area (Å²) in [4.78, 5) is 19.5. The maximum atomic E-state index is 11.6. The smallest absolute Gasteiger partial charge is 0.268 e. The molecule has 2 aliphatic heterocycles. The first-order valence-electron chi connectivity index (χ1n) is 6.94. The minimum absolute atomic E-state index is 0.136. The predicted octanol–water partition coefficient (Wildman–Crippen LogP) is 1.15. The number of carbonyl (C=O) groups is 1. The van der Waals surface area contributed by atoms with E-state index in [2.05, 4.69) is 39.6 Å². The van der Waals surface area contributed by atoms with Crippen LogP contribution in [0.2, 0.25) is 0 Å². The zero-order chi connectivity index (χ0) is 14.0. The molecule has 5 heteroatoms. The first kappa shape index (κ1) is 13.1. The van der Waals surface area contributed by atoms with E-state index in [1.165, 1.54) is 5.56 Å². The van der Waals surface area contributed by atoms with Gasteiger partial charge in [-0.1, -0.05) is 35.5 Å². The van der Waals surface area contributed by atoms with E-state index >= 15 is 0 Å². The molecule has 1 atom stereocenters. The molecule has 0 bridgehead atoms. The number of likely N-dealkylation sites (tertiary alicyclic amines) is 1. The van der Waals surface area contributed by atoms with Gasteiger partial charge in [0.15, 0.2) is 5.60 Å². The van der Waals surface area contributed by atoms with E-state index in [0.717, 1.165) is 26.1 Å². The second kappa shape index (κ2) is 5.25. The van der Waals surface area contributed by atoms with Crippen molar-refractivity contribution in [3.63, 3.8) is 0 Å². The number of rotatable bonds is 3. The summed E-state index contributed by atoms with van der Waals surface area (Å²) in [6.07, 6.45) is 1.53. The van der Waals surface area contributed by atoms with Crippen LogP contribution in [-0.2, 0) is 16.2 Å². The van der Waals surface area contributed by atoms with Crippen LogP contribution in [0.3, 0.4) is 0 Å². The van der Waals surface area contributed by atoms with E-state index in [0.29, 0.717) is 12.1 Å². The molecule has 106 valence electrons. The number of nitrogens with one attached hydrogen (secondary N) is 1. The summed E-state index contributed by atoms with van der Waals surface area (Å²) in [7, 11) is 1.62. The first-order valence-corrected chi connectivity index (χ1v) is 6.94. The van der Waals surface area contributed by atoms with E-state index in [1.807, 2.05) is 6.07 Å². The Morgan fingerprint density at radius 1 is 1.45 bits per heavy atom. The molecule has 1 aromatic carbocycles. The third-order valence-electron chi connectivity index (χ3n) is 3.97. The average Bonchev–Trinajstić information content (AvgIpc) is 3.07. The summed E-state index contributed by atoms with van der Waals surface area (Å²) < 4.78 is 0. The molecule has 0 aliphatic carbocycles. The number of oxime groups is 1. The molecule has 5 nitrogen and oxygen atoms in total. The van der Waals surface area contributed by atoms with Crippen molar-refractivity contribution < 1.29 is 9.63 Å². The van der Waals surface area contributed by atoms with Crippen molar-refractivity contribution in [3.05, 3.63) is 35.9 Å². The Morgan fingerprint density at radius 2 is 2.25 bits per heavy atom. The molecule has 1 aromatic rings. The van der Waals surface area contributed by atoms with Crippen molar-refractivity contribution in [2.24, 2.45) is 5.16 Å². The highest BCUT2D eigenvalue weighted by atomic mass is 16.7. The summed E-state index contributed by atoms with van der Waals surface area (Å²) in [5, 5.41) is 6.56. The fourth-order valence-electron chi connectivity index (χ4n) is 2.91. The van der Waals surface area contributed by atoms with Gasteiger partial charge in [-0.15, -0.1) is 0 Å². The second-order valence-electron chi connectivity index (χ2n) is 5.51. The molecule has 1 fully saturated rings. The van der Waals surface area contributed by atoms with Crippen LogP contribution in [0.15, 0.2) is 35.5 Å². The van der Waals surface area contributed by atoms with Crippen LogP contribution >= 0.6 is 0 Å². The fourth-order valence-corrected chi connectivity index (χ4v) is 2.91. The Balaban J connectivity index is 1.59. The average molecular weight is 273 g/mol. The molecule has 0 radical (unpaired) electrons. The topological polar surface area (TPSA) is 53.9 Å². The van der Waals surface area contributed by atoms with Crippen molar-refractivity contribution in [2.45, 2.75) is 25.0 Å². The summed E-state index contributed by atoms with van der Waals surface area (Å²) in [6.45, 7) is 2.72. The molecule has 1 amide bonds. The van der Waals surface area contributed by atoms with Crippen molar-refractivity contribution in [3.8, 4) is 0 Å². The molecule has 1 spiro atoms. The Labute approximate surface area is 118 Å². The molecule has 0 aromatic heterocycles. The number of hydrogen-bond acceptors (Lipinski definition) is 4. The van der Waals surface area contributed by atoms with Gasteiger partial charge in [0.2, 0.25) is 0 Å². The number of nitrogens with zero attached hydrogens (tertiary/aromatic N) is 2. The summed E-state index contributed by atoms with van der Waals surface area (Å²) >= 11 is 0. The molecular formula is C15H19N3O2. The molecule has 20 heavy (non-hydrogen) atoms. The molecular weight excluding hydrogens is 254 g/mol. The van der Waals surface area contributed by atoms with E-state index in [1.54, 1.807) is 7.05 Å². The number of benzene rings is 1. The lowest BCUT2D eigenvalue weighted by Crippen LogP contribution is -2.36. The zero-order valence-electron chi connectivity index (χ0n) is 11.6. The largest absolute Gasteiger partial charge is 0.387 e. The third-order valence-corrected chi connectivity index (χ3v) is 3.97. The van der Waals surface area contributed by atoms with Crippen LogP contribution in [0.25, 0.3) is 0 Å². The van der Waals surface area contributed by atoms with Gasteiger partial charge >= 0.3 is 0 Å². The number of amides is 1. The molecule has 0 saturated carbocycles. The van der Waals surface area contributed by atoms with Gasteiger partial charge in [-0.05, 0) is 5.56 Å². The van der Waals surface area contributed by atoms with Gasteiger partial charge in [-0.3, -0.25) is 9.69 Å². The van der Waals surface area contributed by atoms with E-state index in [4.69, 9.17) is 4.84 Å². The van der Waals surface area contributed by atoms with Gasteiger partial charge in [-0.2, -0.15) is 0 Å². The third kappa shape index (κ3) is 2.54. The lowest BCUT2D eigenvalue weighted by Gasteiger charge is -2.21. The molecule has 1 N–H and O–H groups in total. The quantitative estimate of drug-likeness (QED) is 0.899. The van der Waals surface area contributed by atoms with E-state index in [-0.39, 0.29) is 11.5 Å². The molecule has 2 heterocycles. The van der Waals surface area contributed by atoms with Gasteiger partial charge < -0.3 is 10.2 Å². The summed E-state index contributed by atoms with van der Waals surface area (Å²) in [5.41, 5.74) is 1.51. The monoisotopic (exact) mass is 273 g/mol. The maximum Gasteiger partial charge on any atom is 0.268 e. The zero-order valence-corrected chi connectivity index (χ0v) is 11.6. The maximum absolute atomic E-state index is 11.6. The normalized spacial score (nSPS) is 25.6. The fraction of sp³-hybridized carbons (Fsp3) is 0.467.